The van der Waals surface area contributed by atoms with Gasteiger partial charge in [0.1, 0.15) is 6.10 Å². The van der Waals surface area contributed by atoms with E-state index in [4.69, 9.17) is 14.2 Å². The molecule has 3 atom stereocenters. The van der Waals surface area contributed by atoms with Crippen LogP contribution in [0.3, 0.4) is 0 Å². The van der Waals surface area contributed by atoms with Gasteiger partial charge in [-0.3, -0.25) is 4.79 Å². The zero-order chi connectivity index (χ0) is 13.1. The molecular weight excluding hydrogens is 232 g/mol. The van der Waals surface area contributed by atoms with E-state index in [-0.39, 0.29) is 30.7 Å². The van der Waals surface area contributed by atoms with Gasteiger partial charge in [0, 0.05) is 7.11 Å². The van der Waals surface area contributed by atoms with E-state index >= 15 is 0 Å². The normalized spacial score (nSPS) is 26.5. The van der Waals surface area contributed by atoms with Crippen LogP contribution in [0.1, 0.15) is 36.7 Å². The maximum atomic E-state index is 11.4. The quantitative estimate of drug-likeness (QED) is 0.773. The summed E-state index contributed by atoms with van der Waals surface area (Å²) in [6, 6.07) is 8.00. The van der Waals surface area contributed by atoms with Gasteiger partial charge in [0.25, 0.3) is 0 Å². The van der Waals surface area contributed by atoms with Gasteiger partial charge in [0.15, 0.2) is 0 Å². The fourth-order valence-corrected chi connectivity index (χ4v) is 2.43. The van der Waals surface area contributed by atoms with Crippen molar-refractivity contribution in [3.63, 3.8) is 0 Å². The Hall–Kier alpha value is -1.39. The van der Waals surface area contributed by atoms with E-state index < -0.39 is 0 Å². The first-order valence-corrected chi connectivity index (χ1v) is 6.01. The number of hydrogen-bond donors (Lipinski definition) is 0. The maximum absolute atomic E-state index is 11.4. The summed E-state index contributed by atoms with van der Waals surface area (Å²) in [6.07, 6.45) is -0.362. The lowest BCUT2D eigenvalue weighted by atomic mass is 9.91. The second-order valence-electron chi connectivity index (χ2n) is 4.38. The largest absolute Gasteiger partial charge is 0.469 e. The molecule has 0 aromatic heterocycles. The molecule has 1 aliphatic heterocycles. The van der Waals surface area contributed by atoms with Crippen LogP contribution < -0.4 is 0 Å². The van der Waals surface area contributed by atoms with Crippen molar-refractivity contribution in [1.29, 1.82) is 0 Å². The van der Waals surface area contributed by atoms with Crippen molar-refractivity contribution in [2.24, 2.45) is 0 Å². The summed E-state index contributed by atoms with van der Waals surface area (Å²) in [5.41, 5.74) is 2.21. The number of fused-ring (bicyclic) bond motifs is 1. The van der Waals surface area contributed by atoms with Gasteiger partial charge in [0.05, 0.1) is 25.7 Å². The van der Waals surface area contributed by atoms with Crippen LogP contribution in [-0.4, -0.2) is 26.3 Å². The van der Waals surface area contributed by atoms with Crippen molar-refractivity contribution in [2.75, 3.05) is 14.2 Å². The van der Waals surface area contributed by atoms with Crippen LogP contribution in [-0.2, 0) is 19.0 Å². The molecule has 98 valence electrons. The van der Waals surface area contributed by atoms with Crippen molar-refractivity contribution in [3.8, 4) is 0 Å². The van der Waals surface area contributed by atoms with Gasteiger partial charge in [-0.15, -0.1) is 0 Å². The Kier molecular flexibility index (Phi) is 3.99. The molecule has 0 amide bonds. The average molecular weight is 250 g/mol. The Bertz CT molecular complexity index is 430. The minimum Gasteiger partial charge on any atom is -0.469 e. The van der Waals surface area contributed by atoms with Crippen LogP contribution in [0.4, 0.5) is 0 Å². The average Bonchev–Trinajstić information content (AvgIpc) is 2.39. The minimum atomic E-state index is -0.299. The van der Waals surface area contributed by atoms with Gasteiger partial charge in [-0.1, -0.05) is 24.3 Å². The molecule has 0 unspecified atom stereocenters. The van der Waals surface area contributed by atoms with E-state index in [1.165, 1.54) is 7.11 Å². The summed E-state index contributed by atoms with van der Waals surface area (Å²) in [6.45, 7) is 1.98. The van der Waals surface area contributed by atoms with Crippen LogP contribution in [0.2, 0.25) is 0 Å². The van der Waals surface area contributed by atoms with E-state index in [1.807, 2.05) is 31.2 Å². The Labute approximate surface area is 107 Å². The second-order valence-corrected chi connectivity index (χ2v) is 4.38. The molecule has 2 rings (SSSR count). The standard InChI is InChI=1S/C14H18O4/c1-9-10-6-4-5-7-11(10)14(17-3)12(18-9)8-13(15)16-2/h4-7,9,12,14H,8H2,1-3H3/t9-,12+,14+/m1/s1. The number of hydrogen-bond acceptors (Lipinski definition) is 4. The molecule has 18 heavy (non-hydrogen) atoms. The third-order valence-electron chi connectivity index (χ3n) is 3.31. The fourth-order valence-electron chi connectivity index (χ4n) is 2.43. The molecule has 1 heterocycles. The number of carbonyl (C=O) groups is 1. The van der Waals surface area contributed by atoms with Crippen LogP contribution >= 0.6 is 0 Å². The Morgan fingerprint density at radius 3 is 2.56 bits per heavy atom. The van der Waals surface area contributed by atoms with E-state index in [9.17, 15) is 4.79 Å². The van der Waals surface area contributed by atoms with Gasteiger partial charge < -0.3 is 14.2 Å². The number of ether oxygens (including phenoxy) is 3. The molecule has 1 aromatic carbocycles. The van der Waals surface area contributed by atoms with Crippen molar-refractivity contribution in [1.82, 2.24) is 0 Å². The first-order chi connectivity index (χ1) is 8.67. The summed E-state index contributed by atoms with van der Waals surface area (Å²) in [5, 5.41) is 0. The molecule has 0 spiro atoms. The number of rotatable bonds is 3. The van der Waals surface area contributed by atoms with Gasteiger partial charge in [-0.25, -0.2) is 0 Å². The molecule has 4 nitrogen and oxygen atoms in total. The highest BCUT2D eigenvalue weighted by Crippen LogP contribution is 2.39. The van der Waals surface area contributed by atoms with E-state index in [0.29, 0.717) is 0 Å². The zero-order valence-corrected chi connectivity index (χ0v) is 10.9. The molecular formula is C14H18O4. The highest BCUT2D eigenvalue weighted by Gasteiger charge is 2.35. The molecule has 0 saturated heterocycles. The fraction of sp³-hybridized carbons (Fsp3) is 0.500. The summed E-state index contributed by atoms with van der Waals surface area (Å²) in [5.74, 6) is -0.284. The maximum Gasteiger partial charge on any atom is 0.308 e. The highest BCUT2D eigenvalue weighted by atomic mass is 16.6. The predicted octanol–water partition coefficient (Wildman–Crippen LogP) is 2.40. The van der Waals surface area contributed by atoms with Crippen LogP contribution in [0, 0.1) is 0 Å². The monoisotopic (exact) mass is 250 g/mol. The van der Waals surface area contributed by atoms with Crippen molar-refractivity contribution in [2.45, 2.75) is 31.7 Å². The van der Waals surface area contributed by atoms with Crippen molar-refractivity contribution >= 4 is 5.97 Å². The summed E-state index contributed by atoms with van der Waals surface area (Å²) in [4.78, 5) is 11.4. The number of esters is 1. The lowest BCUT2D eigenvalue weighted by Gasteiger charge is -2.35. The highest BCUT2D eigenvalue weighted by molar-refractivity contribution is 5.70. The Balaban J connectivity index is 2.28. The molecule has 0 N–H and O–H groups in total. The molecule has 4 heteroatoms. The summed E-state index contributed by atoms with van der Waals surface area (Å²) < 4.78 is 16.0. The molecule has 0 fully saturated rings. The van der Waals surface area contributed by atoms with Crippen molar-refractivity contribution in [3.05, 3.63) is 35.4 Å². The lowest BCUT2D eigenvalue weighted by Crippen LogP contribution is -2.33. The van der Waals surface area contributed by atoms with E-state index in [0.717, 1.165) is 11.1 Å². The smallest absolute Gasteiger partial charge is 0.308 e. The topological polar surface area (TPSA) is 44.8 Å². The summed E-state index contributed by atoms with van der Waals surface area (Å²) in [7, 11) is 3.01. The first-order valence-electron chi connectivity index (χ1n) is 6.01. The molecule has 0 aliphatic carbocycles. The Morgan fingerprint density at radius 2 is 1.94 bits per heavy atom. The van der Waals surface area contributed by atoms with E-state index in [1.54, 1.807) is 7.11 Å². The van der Waals surface area contributed by atoms with Gasteiger partial charge in [-0.2, -0.15) is 0 Å². The zero-order valence-electron chi connectivity index (χ0n) is 10.9. The molecule has 0 radical (unpaired) electrons. The Morgan fingerprint density at radius 1 is 1.28 bits per heavy atom. The van der Waals surface area contributed by atoms with E-state index in [2.05, 4.69) is 0 Å². The van der Waals surface area contributed by atoms with Gasteiger partial charge in [-0.05, 0) is 18.1 Å². The number of methoxy groups -OCH3 is 2. The molecule has 0 saturated carbocycles. The van der Waals surface area contributed by atoms with Crippen LogP contribution in [0.25, 0.3) is 0 Å². The lowest BCUT2D eigenvalue weighted by molar-refractivity contribution is -0.153. The predicted molar refractivity (Wildman–Crippen MR) is 66.1 cm³/mol. The van der Waals surface area contributed by atoms with Crippen LogP contribution in [0.5, 0.6) is 0 Å². The van der Waals surface area contributed by atoms with Crippen LogP contribution in [0.15, 0.2) is 24.3 Å². The molecule has 1 aromatic rings. The summed E-state index contributed by atoms with van der Waals surface area (Å²) >= 11 is 0. The molecule has 0 bridgehead atoms. The third-order valence-corrected chi connectivity index (χ3v) is 3.31. The number of benzene rings is 1. The SMILES string of the molecule is COC(=O)C[C@@H]1O[C@H](C)c2ccccc2[C@@H]1OC. The van der Waals surface area contributed by atoms with Gasteiger partial charge >= 0.3 is 5.97 Å². The van der Waals surface area contributed by atoms with Gasteiger partial charge in [0.2, 0.25) is 0 Å². The third kappa shape index (κ3) is 2.40. The van der Waals surface area contributed by atoms with Crippen molar-refractivity contribution < 1.29 is 19.0 Å². The number of carbonyl (C=O) groups excluding carboxylic acids is 1. The first kappa shape index (κ1) is 13.1. The second kappa shape index (κ2) is 5.50. The minimum absolute atomic E-state index is 0.0396. The molecule has 1 aliphatic rings.